The van der Waals surface area contributed by atoms with Crippen LogP contribution in [0, 0.1) is 0 Å². The lowest BCUT2D eigenvalue weighted by atomic mass is 10.1. The Morgan fingerprint density at radius 1 is 1.20 bits per heavy atom. The zero-order chi connectivity index (χ0) is 14.9. The second-order valence-electron chi connectivity index (χ2n) is 4.28. The molecule has 1 aromatic heterocycles. The molecule has 9 heteroatoms. The lowest BCUT2D eigenvalue weighted by Crippen LogP contribution is -2.50. The summed E-state index contributed by atoms with van der Waals surface area (Å²) in [5, 5.41) is 28.5. The summed E-state index contributed by atoms with van der Waals surface area (Å²) in [6, 6.07) is 0.762. The van der Waals surface area contributed by atoms with E-state index in [0.717, 1.165) is 24.0 Å². The number of hydrogen-bond donors (Lipinski definition) is 3. The predicted octanol–water partition coefficient (Wildman–Crippen LogP) is 0.635. The summed E-state index contributed by atoms with van der Waals surface area (Å²) in [4.78, 5) is 3.43. The van der Waals surface area contributed by atoms with Crippen LogP contribution < -0.4 is 4.74 Å². The Morgan fingerprint density at radius 2 is 1.90 bits per heavy atom. The number of pyridine rings is 1. The molecule has 112 valence electrons. The number of thioether (sulfide) groups is 1. The van der Waals surface area contributed by atoms with Gasteiger partial charge < -0.3 is 20.1 Å². The molecule has 1 aliphatic rings. The Balaban J connectivity index is 2.10. The van der Waals surface area contributed by atoms with Crippen molar-refractivity contribution in [2.45, 2.75) is 29.9 Å². The van der Waals surface area contributed by atoms with Gasteiger partial charge in [-0.1, -0.05) is 0 Å². The van der Waals surface area contributed by atoms with Gasteiger partial charge in [0.15, 0.2) is 5.44 Å². The number of aliphatic hydroxyl groups is 3. The maximum atomic E-state index is 12.5. The zero-order valence-corrected chi connectivity index (χ0v) is 10.8. The molecule has 2 rings (SSSR count). The van der Waals surface area contributed by atoms with Crippen LogP contribution in [0.4, 0.5) is 13.2 Å². The van der Waals surface area contributed by atoms with Crippen LogP contribution in [0.15, 0.2) is 18.5 Å². The minimum atomic E-state index is -4.54. The van der Waals surface area contributed by atoms with Gasteiger partial charge in [0, 0.05) is 11.9 Å². The van der Waals surface area contributed by atoms with E-state index in [0.29, 0.717) is 6.20 Å². The normalized spacial score (nSPS) is 31.1. The van der Waals surface area contributed by atoms with Gasteiger partial charge in [0.1, 0.15) is 18.0 Å². The molecule has 1 aromatic rings. The van der Waals surface area contributed by atoms with E-state index in [-0.39, 0.29) is 11.5 Å². The first-order chi connectivity index (χ1) is 9.29. The van der Waals surface area contributed by atoms with Crippen molar-refractivity contribution in [2.24, 2.45) is 0 Å². The second-order valence-corrected chi connectivity index (χ2v) is 5.41. The summed E-state index contributed by atoms with van der Waals surface area (Å²) in [6.07, 6.45) is -6.70. The van der Waals surface area contributed by atoms with Crippen LogP contribution in [-0.2, 0) is 6.18 Å². The third kappa shape index (κ3) is 3.35. The highest BCUT2D eigenvalue weighted by molar-refractivity contribution is 7.99. The molecule has 0 amide bonds. The van der Waals surface area contributed by atoms with Crippen molar-refractivity contribution in [2.75, 3.05) is 5.75 Å². The molecule has 0 saturated carbocycles. The molecule has 4 atom stereocenters. The molecule has 0 radical (unpaired) electrons. The maximum Gasteiger partial charge on any atom is 0.418 e. The average Bonchev–Trinajstić information content (AvgIpc) is 2.39. The van der Waals surface area contributed by atoms with Crippen LogP contribution in [0.2, 0.25) is 0 Å². The van der Waals surface area contributed by atoms with Crippen molar-refractivity contribution >= 4 is 11.8 Å². The molecule has 1 aliphatic heterocycles. The molecule has 0 aliphatic carbocycles. The van der Waals surface area contributed by atoms with Crippen molar-refractivity contribution < 1.29 is 33.2 Å². The zero-order valence-electron chi connectivity index (χ0n) is 9.99. The topological polar surface area (TPSA) is 82.8 Å². The Morgan fingerprint density at radius 3 is 2.55 bits per heavy atom. The molecule has 0 unspecified atom stereocenters. The molecule has 2 heterocycles. The number of aliphatic hydroxyl groups excluding tert-OH is 3. The fraction of sp³-hybridized carbons (Fsp3) is 0.545. The fourth-order valence-corrected chi connectivity index (χ4v) is 2.78. The SMILES string of the molecule is O[C@@H]1[C@@H](O)[C@@H](Oc2cncc(C(F)(F)F)c2)SC[C@H]1O. The quantitative estimate of drug-likeness (QED) is 0.743. The Labute approximate surface area is 116 Å². The van der Waals surface area contributed by atoms with E-state index in [1.165, 1.54) is 0 Å². The number of nitrogens with zero attached hydrogens (tertiary/aromatic N) is 1. The molecule has 5 nitrogen and oxygen atoms in total. The third-order valence-electron chi connectivity index (χ3n) is 2.75. The molecule has 3 N–H and O–H groups in total. The number of alkyl halides is 3. The monoisotopic (exact) mass is 311 g/mol. The Hall–Kier alpha value is -1.03. The van der Waals surface area contributed by atoms with E-state index in [9.17, 15) is 28.5 Å². The first-order valence-corrected chi connectivity index (χ1v) is 6.68. The summed E-state index contributed by atoms with van der Waals surface area (Å²) >= 11 is 1.00. The minimum absolute atomic E-state index is 0.106. The molecule has 20 heavy (non-hydrogen) atoms. The van der Waals surface area contributed by atoms with E-state index in [1.807, 2.05) is 0 Å². The van der Waals surface area contributed by atoms with Crippen LogP contribution in [0.1, 0.15) is 5.56 Å². The summed E-state index contributed by atoms with van der Waals surface area (Å²) in [5.41, 5.74) is -1.94. The van der Waals surface area contributed by atoms with Crippen LogP contribution in [0.5, 0.6) is 5.75 Å². The lowest BCUT2D eigenvalue weighted by Gasteiger charge is -2.34. The maximum absolute atomic E-state index is 12.5. The average molecular weight is 311 g/mol. The Kier molecular flexibility index (Phi) is 4.43. The van der Waals surface area contributed by atoms with E-state index >= 15 is 0 Å². The summed E-state index contributed by atoms with van der Waals surface area (Å²) in [6.45, 7) is 0. The molecule has 1 saturated heterocycles. The summed E-state index contributed by atoms with van der Waals surface area (Å²) < 4.78 is 42.7. The molecule has 0 bridgehead atoms. The number of rotatable bonds is 2. The first-order valence-electron chi connectivity index (χ1n) is 5.64. The van der Waals surface area contributed by atoms with Crippen molar-refractivity contribution in [1.29, 1.82) is 0 Å². The second kappa shape index (κ2) is 5.76. The first kappa shape index (κ1) is 15.4. The van der Waals surface area contributed by atoms with Crippen LogP contribution in [0.25, 0.3) is 0 Å². The van der Waals surface area contributed by atoms with Gasteiger partial charge in [0.05, 0.1) is 17.9 Å². The largest absolute Gasteiger partial charge is 0.475 e. The van der Waals surface area contributed by atoms with Crippen LogP contribution >= 0.6 is 11.8 Å². The van der Waals surface area contributed by atoms with Gasteiger partial charge in [-0.05, 0) is 6.07 Å². The molecular formula is C11H12F3NO4S. The van der Waals surface area contributed by atoms with E-state index in [1.54, 1.807) is 0 Å². The lowest BCUT2D eigenvalue weighted by molar-refractivity contribution is -0.138. The Bertz CT molecular complexity index is 473. The molecule has 0 spiro atoms. The number of halogens is 3. The van der Waals surface area contributed by atoms with Crippen molar-refractivity contribution in [3.63, 3.8) is 0 Å². The third-order valence-corrected chi connectivity index (χ3v) is 3.98. The van der Waals surface area contributed by atoms with Crippen molar-refractivity contribution in [3.05, 3.63) is 24.0 Å². The van der Waals surface area contributed by atoms with Gasteiger partial charge in [0.2, 0.25) is 0 Å². The van der Waals surface area contributed by atoms with Crippen LogP contribution in [-0.4, -0.2) is 49.8 Å². The number of ether oxygens (including phenoxy) is 1. The molecule has 1 fully saturated rings. The van der Waals surface area contributed by atoms with E-state index in [2.05, 4.69) is 4.98 Å². The fourth-order valence-electron chi connectivity index (χ4n) is 1.66. The predicted molar refractivity (Wildman–Crippen MR) is 64.1 cm³/mol. The van der Waals surface area contributed by atoms with Gasteiger partial charge in [-0.15, -0.1) is 11.8 Å². The molecule has 0 aromatic carbocycles. The van der Waals surface area contributed by atoms with Crippen molar-refractivity contribution in [3.8, 4) is 5.75 Å². The van der Waals surface area contributed by atoms with Gasteiger partial charge >= 0.3 is 6.18 Å². The minimum Gasteiger partial charge on any atom is -0.475 e. The number of hydrogen-bond acceptors (Lipinski definition) is 6. The highest BCUT2D eigenvalue weighted by Gasteiger charge is 2.39. The van der Waals surface area contributed by atoms with Gasteiger partial charge in [-0.3, -0.25) is 4.98 Å². The van der Waals surface area contributed by atoms with E-state index < -0.39 is 35.5 Å². The standard InChI is InChI=1S/C11H12F3NO4S/c12-11(13,14)5-1-6(3-15-2-5)19-10-9(18)8(17)7(16)4-20-10/h1-3,7-10,16-18H,4H2/t7-,8+,9-,10+/m1/s1. The molecular weight excluding hydrogens is 299 g/mol. The highest BCUT2D eigenvalue weighted by Crippen LogP contribution is 2.33. The summed E-state index contributed by atoms with van der Waals surface area (Å²) in [7, 11) is 0. The van der Waals surface area contributed by atoms with Gasteiger partial charge in [-0.2, -0.15) is 13.2 Å². The number of aromatic nitrogens is 1. The van der Waals surface area contributed by atoms with Gasteiger partial charge in [0.25, 0.3) is 0 Å². The smallest absolute Gasteiger partial charge is 0.418 e. The highest BCUT2D eigenvalue weighted by atomic mass is 32.2. The van der Waals surface area contributed by atoms with Crippen molar-refractivity contribution in [1.82, 2.24) is 4.98 Å². The van der Waals surface area contributed by atoms with Crippen LogP contribution in [0.3, 0.4) is 0 Å². The van der Waals surface area contributed by atoms with E-state index in [4.69, 9.17) is 4.74 Å². The summed E-state index contributed by atoms with van der Waals surface area (Å²) in [5.74, 6) is -0.0603. The van der Waals surface area contributed by atoms with Gasteiger partial charge in [-0.25, -0.2) is 0 Å².